The summed E-state index contributed by atoms with van der Waals surface area (Å²) in [6, 6.07) is 5.06. The largest absolute Gasteiger partial charge is 0.468 e. The third-order valence-electron chi connectivity index (χ3n) is 2.37. The van der Waals surface area contributed by atoms with Gasteiger partial charge in [0.2, 0.25) is 0 Å². The van der Waals surface area contributed by atoms with Crippen LogP contribution in [-0.4, -0.2) is 18.9 Å². The summed E-state index contributed by atoms with van der Waals surface area (Å²) in [7, 11) is 1.22. The van der Waals surface area contributed by atoms with E-state index in [0.717, 1.165) is 0 Å². The molecule has 0 atom stereocenters. The van der Waals surface area contributed by atoms with Crippen LogP contribution < -0.4 is 0 Å². The number of carbonyl (C=O) groups is 2. The Labute approximate surface area is 93.2 Å². The molecule has 0 bridgehead atoms. The Hall–Kier alpha value is -1.71. The van der Waals surface area contributed by atoms with Crippen molar-refractivity contribution in [2.75, 3.05) is 7.11 Å². The molecule has 1 aromatic carbocycles. The molecule has 1 aromatic rings. The van der Waals surface area contributed by atoms with Crippen molar-refractivity contribution in [2.45, 2.75) is 13.8 Å². The molecule has 0 saturated heterocycles. The molecule has 0 N–H and O–H groups in total. The standard InChI is InChI=1S/C12H13FO3/c1-12(2,11(15)16-3)10(14)8-4-6-9(13)7-5-8/h4-7H,1-3H3. The molecule has 0 spiro atoms. The van der Waals surface area contributed by atoms with Crippen molar-refractivity contribution < 1.29 is 18.7 Å². The number of esters is 1. The van der Waals surface area contributed by atoms with Gasteiger partial charge in [-0.3, -0.25) is 9.59 Å². The van der Waals surface area contributed by atoms with Gasteiger partial charge in [-0.15, -0.1) is 0 Å². The molecule has 3 nitrogen and oxygen atoms in total. The highest BCUT2D eigenvalue weighted by Gasteiger charge is 2.37. The molecule has 0 fully saturated rings. The average Bonchev–Trinajstić information content (AvgIpc) is 2.28. The summed E-state index contributed by atoms with van der Waals surface area (Å²) in [6.45, 7) is 2.95. The predicted octanol–water partition coefficient (Wildman–Crippen LogP) is 2.21. The van der Waals surface area contributed by atoms with E-state index in [-0.39, 0.29) is 11.3 Å². The Morgan fingerprint density at radius 2 is 1.69 bits per heavy atom. The Morgan fingerprint density at radius 1 is 1.19 bits per heavy atom. The molecule has 16 heavy (non-hydrogen) atoms. The van der Waals surface area contributed by atoms with Crippen LogP contribution in [0.25, 0.3) is 0 Å². The van der Waals surface area contributed by atoms with Crippen LogP contribution in [0.1, 0.15) is 24.2 Å². The summed E-state index contributed by atoms with van der Waals surface area (Å²) in [5, 5.41) is 0. The van der Waals surface area contributed by atoms with Crippen molar-refractivity contribution in [3.8, 4) is 0 Å². The van der Waals surface area contributed by atoms with Gasteiger partial charge in [-0.1, -0.05) is 0 Å². The Bertz CT molecular complexity index is 407. The second-order valence-corrected chi connectivity index (χ2v) is 3.95. The van der Waals surface area contributed by atoms with Crippen molar-refractivity contribution in [2.24, 2.45) is 5.41 Å². The minimum absolute atomic E-state index is 0.289. The molecule has 86 valence electrons. The van der Waals surface area contributed by atoms with Crippen molar-refractivity contribution in [1.82, 2.24) is 0 Å². The van der Waals surface area contributed by atoms with E-state index in [1.807, 2.05) is 0 Å². The lowest BCUT2D eigenvalue weighted by Crippen LogP contribution is -2.34. The topological polar surface area (TPSA) is 43.4 Å². The maximum absolute atomic E-state index is 12.7. The number of Topliss-reactive ketones (excluding diaryl/α,β-unsaturated/α-hetero) is 1. The number of rotatable bonds is 3. The minimum Gasteiger partial charge on any atom is -0.468 e. The van der Waals surface area contributed by atoms with E-state index in [4.69, 9.17) is 0 Å². The van der Waals surface area contributed by atoms with Crippen LogP contribution in [0.3, 0.4) is 0 Å². The van der Waals surface area contributed by atoms with Crippen molar-refractivity contribution in [3.05, 3.63) is 35.6 Å². The van der Waals surface area contributed by atoms with Crippen molar-refractivity contribution in [3.63, 3.8) is 0 Å². The highest BCUT2D eigenvalue weighted by atomic mass is 19.1. The summed E-state index contributed by atoms with van der Waals surface area (Å²) in [6.07, 6.45) is 0. The number of ketones is 1. The fourth-order valence-electron chi connectivity index (χ4n) is 1.31. The number of benzene rings is 1. The van der Waals surface area contributed by atoms with E-state index >= 15 is 0 Å². The van der Waals surface area contributed by atoms with Gasteiger partial charge in [0.25, 0.3) is 0 Å². The molecule has 0 aliphatic carbocycles. The molecule has 0 radical (unpaired) electrons. The summed E-state index contributed by atoms with van der Waals surface area (Å²) in [5.74, 6) is -1.42. The van der Waals surface area contributed by atoms with E-state index in [1.165, 1.54) is 45.2 Å². The zero-order chi connectivity index (χ0) is 12.3. The van der Waals surface area contributed by atoms with Gasteiger partial charge in [0.1, 0.15) is 11.2 Å². The van der Waals surface area contributed by atoms with Crippen molar-refractivity contribution in [1.29, 1.82) is 0 Å². The first-order valence-corrected chi connectivity index (χ1v) is 4.78. The molecule has 4 heteroatoms. The monoisotopic (exact) mass is 224 g/mol. The van der Waals surface area contributed by atoms with Crippen LogP contribution >= 0.6 is 0 Å². The van der Waals surface area contributed by atoms with Gasteiger partial charge in [0, 0.05) is 5.56 Å². The first kappa shape index (κ1) is 12.4. The molecule has 1 rings (SSSR count). The van der Waals surface area contributed by atoms with Gasteiger partial charge in [0.15, 0.2) is 5.78 Å². The third kappa shape index (κ3) is 2.27. The lowest BCUT2D eigenvalue weighted by molar-refractivity contribution is -0.147. The van der Waals surface area contributed by atoms with Gasteiger partial charge < -0.3 is 4.74 Å². The first-order chi connectivity index (χ1) is 7.39. The summed E-state index contributed by atoms with van der Waals surface area (Å²) in [5.41, 5.74) is -0.969. The Morgan fingerprint density at radius 3 is 2.12 bits per heavy atom. The van der Waals surface area contributed by atoms with Gasteiger partial charge in [0.05, 0.1) is 7.11 Å². The minimum atomic E-state index is -1.26. The summed E-state index contributed by atoms with van der Waals surface area (Å²) < 4.78 is 17.2. The van der Waals surface area contributed by atoms with E-state index in [9.17, 15) is 14.0 Å². The smallest absolute Gasteiger partial charge is 0.319 e. The first-order valence-electron chi connectivity index (χ1n) is 4.78. The second-order valence-electron chi connectivity index (χ2n) is 3.95. The summed E-state index contributed by atoms with van der Waals surface area (Å²) in [4.78, 5) is 23.4. The Kier molecular flexibility index (Phi) is 3.42. The van der Waals surface area contributed by atoms with E-state index < -0.39 is 17.2 Å². The fourth-order valence-corrected chi connectivity index (χ4v) is 1.31. The van der Waals surface area contributed by atoms with Gasteiger partial charge >= 0.3 is 5.97 Å². The van der Waals surface area contributed by atoms with Gasteiger partial charge in [-0.2, -0.15) is 0 Å². The molecule has 0 unspecified atom stereocenters. The number of hydrogen-bond acceptors (Lipinski definition) is 3. The highest BCUT2D eigenvalue weighted by molar-refractivity contribution is 6.11. The zero-order valence-electron chi connectivity index (χ0n) is 9.41. The van der Waals surface area contributed by atoms with Crippen LogP contribution in [0.15, 0.2) is 24.3 Å². The lowest BCUT2D eigenvalue weighted by atomic mass is 9.84. The van der Waals surface area contributed by atoms with Gasteiger partial charge in [-0.05, 0) is 38.1 Å². The van der Waals surface area contributed by atoms with Gasteiger partial charge in [-0.25, -0.2) is 4.39 Å². The van der Waals surface area contributed by atoms with E-state index in [1.54, 1.807) is 0 Å². The second kappa shape index (κ2) is 4.43. The van der Waals surface area contributed by atoms with Crippen LogP contribution in [0.2, 0.25) is 0 Å². The maximum atomic E-state index is 12.7. The van der Waals surface area contributed by atoms with E-state index in [0.29, 0.717) is 0 Å². The fraction of sp³-hybridized carbons (Fsp3) is 0.333. The number of carbonyl (C=O) groups excluding carboxylic acids is 2. The molecule has 0 aromatic heterocycles. The SMILES string of the molecule is COC(=O)C(C)(C)C(=O)c1ccc(F)cc1. The quantitative estimate of drug-likeness (QED) is 0.449. The van der Waals surface area contributed by atoms with Crippen molar-refractivity contribution >= 4 is 11.8 Å². The summed E-state index contributed by atoms with van der Waals surface area (Å²) >= 11 is 0. The number of ether oxygens (including phenoxy) is 1. The average molecular weight is 224 g/mol. The molecule has 0 aliphatic rings. The lowest BCUT2D eigenvalue weighted by Gasteiger charge is -2.19. The van der Waals surface area contributed by atoms with Crippen LogP contribution in [-0.2, 0) is 9.53 Å². The van der Waals surface area contributed by atoms with Crippen LogP contribution in [0.4, 0.5) is 4.39 Å². The predicted molar refractivity (Wildman–Crippen MR) is 56.5 cm³/mol. The number of methoxy groups -OCH3 is 1. The number of hydrogen-bond donors (Lipinski definition) is 0. The van der Waals surface area contributed by atoms with Crippen LogP contribution in [0, 0.1) is 11.2 Å². The molecular formula is C12H13FO3. The molecule has 0 saturated carbocycles. The van der Waals surface area contributed by atoms with E-state index in [2.05, 4.69) is 4.74 Å². The molecule has 0 amide bonds. The molecule has 0 aliphatic heterocycles. The third-order valence-corrected chi connectivity index (χ3v) is 2.37. The normalized spacial score (nSPS) is 11.0. The number of halogens is 1. The zero-order valence-corrected chi connectivity index (χ0v) is 9.41. The highest BCUT2D eigenvalue weighted by Crippen LogP contribution is 2.23. The van der Waals surface area contributed by atoms with Crippen LogP contribution in [0.5, 0.6) is 0 Å². The molecule has 0 heterocycles. The Balaban J connectivity index is 3.02. The maximum Gasteiger partial charge on any atom is 0.319 e. The molecular weight excluding hydrogens is 211 g/mol.